The smallest absolute Gasteiger partial charge is 0.191 e. The molecule has 1 aromatic carbocycles. The topological polar surface area (TPSA) is 63.7 Å². The van der Waals surface area contributed by atoms with E-state index in [0.29, 0.717) is 19.1 Å². The van der Waals surface area contributed by atoms with Gasteiger partial charge >= 0.3 is 0 Å². The number of benzene rings is 1. The van der Waals surface area contributed by atoms with Crippen LogP contribution in [0.15, 0.2) is 35.3 Å². The minimum Gasteiger partial charge on any atom is -0.378 e. The van der Waals surface area contributed by atoms with Crippen molar-refractivity contribution in [3.05, 3.63) is 41.0 Å². The molecule has 0 spiro atoms. The number of thiazole rings is 1. The van der Waals surface area contributed by atoms with Crippen LogP contribution in [-0.2, 0) is 17.9 Å². The van der Waals surface area contributed by atoms with E-state index in [0.717, 1.165) is 45.7 Å². The molecule has 3 rings (SSSR count). The van der Waals surface area contributed by atoms with E-state index in [9.17, 15) is 0 Å². The summed E-state index contributed by atoms with van der Waals surface area (Å²) in [6, 6.07) is 10.3. The SMILES string of the molecule is COCc1nc(CN=C(N)N2CCSCC2)c(-c2ccccc2)s1.I. The number of hydrogen-bond acceptors (Lipinski definition) is 5. The van der Waals surface area contributed by atoms with Gasteiger partial charge in [0.05, 0.1) is 23.7 Å². The van der Waals surface area contributed by atoms with Crippen LogP contribution in [0.25, 0.3) is 10.4 Å². The number of aliphatic imine (C=N–C) groups is 1. The van der Waals surface area contributed by atoms with Crippen molar-refractivity contribution in [1.82, 2.24) is 9.88 Å². The van der Waals surface area contributed by atoms with Gasteiger partial charge in [0, 0.05) is 31.7 Å². The second-order valence-electron chi connectivity index (χ2n) is 5.46. The molecule has 0 unspecified atom stereocenters. The molecule has 2 N–H and O–H groups in total. The molecule has 0 aliphatic carbocycles. The molecule has 0 radical (unpaired) electrons. The maximum Gasteiger partial charge on any atom is 0.191 e. The average molecular weight is 490 g/mol. The molecule has 0 amide bonds. The van der Waals surface area contributed by atoms with Crippen LogP contribution in [0.4, 0.5) is 0 Å². The number of methoxy groups -OCH3 is 1. The Morgan fingerprint density at radius 3 is 2.68 bits per heavy atom. The van der Waals surface area contributed by atoms with Gasteiger partial charge in [0.15, 0.2) is 5.96 Å². The largest absolute Gasteiger partial charge is 0.378 e. The molecule has 0 bridgehead atoms. The third-order valence-electron chi connectivity index (χ3n) is 3.77. The van der Waals surface area contributed by atoms with Gasteiger partial charge in [-0.25, -0.2) is 9.98 Å². The molecule has 0 atom stereocenters. The highest BCUT2D eigenvalue weighted by atomic mass is 127. The number of thioether (sulfide) groups is 1. The van der Waals surface area contributed by atoms with Crippen molar-refractivity contribution in [2.45, 2.75) is 13.2 Å². The van der Waals surface area contributed by atoms with Gasteiger partial charge in [0.2, 0.25) is 0 Å². The predicted molar refractivity (Wildman–Crippen MR) is 118 cm³/mol. The molecule has 1 aliphatic rings. The Balaban J connectivity index is 0.00000225. The molecule has 1 aliphatic heterocycles. The average Bonchev–Trinajstić information content (AvgIpc) is 3.04. The Labute approximate surface area is 174 Å². The van der Waals surface area contributed by atoms with Crippen LogP contribution in [0.3, 0.4) is 0 Å². The summed E-state index contributed by atoms with van der Waals surface area (Å²) in [4.78, 5) is 12.6. The van der Waals surface area contributed by atoms with Crippen molar-refractivity contribution in [3.8, 4) is 10.4 Å². The number of guanidine groups is 1. The highest BCUT2D eigenvalue weighted by Crippen LogP contribution is 2.31. The number of aromatic nitrogens is 1. The van der Waals surface area contributed by atoms with E-state index in [1.807, 2.05) is 30.0 Å². The van der Waals surface area contributed by atoms with E-state index in [1.165, 1.54) is 0 Å². The molecule has 0 saturated carbocycles. The van der Waals surface area contributed by atoms with Crippen molar-refractivity contribution in [2.24, 2.45) is 10.7 Å². The van der Waals surface area contributed by atoms with Gasteiger partial charge in [-0.3, -0.25) is 0 Å². The molecular weight excluding hydrogens is 467 g/mol. The molecule has 5 nitrogen and oxygen atoms in total. The molecule has 1 fully saturated rings. The minimum absolute atomic E-state index is 0. The Bertz CT molecular complexity index is 687. The zero-order valence-electron chi connectivity index (χ0n) is 14.2. The van der Waals surface area contributed by atoms with Crippen molar-refractivity contribution < 1.29 is 4.74 Å². The van der Waals surface area contributed by atoms with Gasteiger partial charge in [-0.15, -0.1) is 35.3 Å². The predicted octanol–water partition coefficient (Wildman–Crippen LogP) is 3.44. The third kappa shape index (κ3) is 5.57. The van der Waals surface area contributed by atoms with Crippen LogP contribution < -0.4 is 5.73 Å². The lowest BCUT2D eigenvalue weighted by Crippen LogP contribution is -2.42. The van der Waals surface area contributed by atoms with Crippen molar-refractivity contribution in [2.75, 3.05) is 31.7 Å². The second kappa shape index (κ2) is 10.3. The minimum atomic E-state index is 0. The van der Waals surface area contributed by atoms with Crippen molar-refractivity contribution in [3.63, 3.8) is 0 Å². The summed E-state index contributed by atoms with van der Waals surface area (Å²) in [7, 11) is 1.69. The summed E-state index contributed by atoms with van der Waals surface area (Å²) in [6.07, 6.45) is 0. The van der Waals surface area contributed by atoms with E-state index >= 15 is 0 Å². The number of halogens is 1. The Morgan fingerprint density at radius 1 is 1.28 bits per heavy atom. The van der Waals surface area contributed by atoms with Crippen LogP contribution in [0.2, 0.25) is 0 Å². The van der Waals surface area contributed by atoms with Gasteiger partial charge in [-0.05, 0) is 5.56 Å². The van der Waals surface area contributed by atoms with E-state index < -0.39 is 0 Å². The van der Waals surface area contributed by atoms with Crippen LogP contribution in [0.1, 0.15) is 10.7 Å². The molecule has 8 heteroatoms. The molecule has 136 valence electrons. The standard InChI is InChI=1S/C17H22N4OS2.HI/c1-22-12-15-20-14(16(24-15)13-5-3-2-4-6-13)11-19-17(18)21-7-9-23-10-8-21;/h2-6H,7-12H2,1H3,(H2,18,19);1H. The van der Waals surface area contributed by atoms with E-state index in [4.69, 9.17) is 15.5 Å². The van der Waals surface area contributed by atoms with Crippen LogP contribution >= 0.6 is 47.1 Å². The molecule has 1 aromatic heterocycles. The van der Waals surface area contributed by atoms with Crippen molar-refractivity contribution >= 4 is 53.0 Å². The number of nitrogens with zero attached hydrogens (tertiary/aromatic N) is 3. The van der Waals surface area contributed by atoms with E-state index in [-0.39, 0.29) is 24.0 Å². The van der Waals surface area contributed by atoms with Crippen molar-refractivity contribution in [1.29, 1.82) is 0 Å². The number of rotatable bonds is 5. The van der Waals surface area contributed by atoms with Gasteiger partial charge in [0.25, 0.3) is 0 Å². The summed E-state index contributed by atoms with van der Waals surface area (Å²) >= 11 is 3.62. The van der Waals surface area contributed by atoms with Gasteiger partial charge in [-0.1, -0.05) is 30.3 Å². The summed E-state index contributed by atoms with van der Waals surface area (Å²) in [5, 5.41) is 0.967. The molecule has 1 saturated heterocycles. The maximum absolute atomic E-state index is 6.17. The Hall–Kier alpha value is -0.840. The molecule has 2 aromatic rings. The van der Waals surface area contributed by atoms with Crippen LogP contribution in [0.5, 0.6) is 0 Å². The maximum atomic E-state index is 6.17. The lowest BCUT2D eigenvalue weighted by molar-refractivity contribution is 0.184. The zero-order chi connectivity index (χ0) is 16.8. The first-order valence-corrected chi connectivity index (χ1v) is 9.90. The summed E-state index contributed by atoms with van der Waals surface area (Å²) in [5.74, 6) is 2.84. The monoisotopic (exact) mass is 490 g/mol. The summed E-state index contributed by atoms with van der Waals surface area (Å²) in [6.45, 7) is 2.96. The molecule has 25 heavy (non-hydrogen) atoms. The van der Waals surface area contributed by atoms with Gasteiger partial charge in [0.1, 0.15) is 5.01 Å². The third-order valence-corrected chi connectivity index (χ3v) is 5.83. The number of ether oxygens (including phenoxy) is 1. The summed E-state index contributed by atoms with van der Waals surface area (Å²) < 4.78 is 5.23. The lowest BCUT2D eigenvalue weighted by atomic mass is 10.1. The second-order valence-corrected chi connectivity index (χ2v) is 7.76. The summed E-state index contributed by atoms with van der Waals surface area (Å²) in [5.41, 5.74) is 8.30. The zero-order valence-corrected chi connectivity index (χ0v) is 18.1. The lowest BCUT2D eigenvalue weighted by Gasteiger charge is -2.27. The highest BCUT2D eigenvalue weighted by Gasteiger charge is 2.15. The molecular formula is C17H23IN4OS2. The fraction of sp³-hybridized carbons (Fsp3) is 0.412. The number of hydrogen-bond donors (Lipinski definition) is 1. The van der Waals surface area contributed by atoms with Crippen LogP contribution in [0, 0.1) is 0 Å². The first-order valence-electron chi connectivity index (χ1n) is 7.93. The highest BCUT2D eigenvalue weighted by molar-refractivity contribution is 14.0. The number of nitrogens with two attached hydrogens (primary N) is 1. The quantitative estimate of drug-likeness (QED) is 0.395. The first kappa shape index (κ1) is 20.5. The van der Waals surface area contributed by atoms with Gasteiger partial charge in [-0.2, -0.15) is 11.8 Å². The van der Waals surface area contributed by atoms with Crippen LogP contribution in [-0.4, -0.2) is 47.5 Å². The molecule has 2 heterocycles. The van der Waals surface area contributed by atoms with E-state index in [2.05, 4.69) is 22.0 Å². The Kier molecular flexibility index (Phi) is 8.47. The fourth-order valence-electron chi connectivity index (χ4n) is 2.56. The Morgan fingerprint density at radius 2 is 2.00 bits per heavy atom. The normalized spacial score (nSPS) is 15.1. The van der Waals surface area contributed by atoms with Gasteiger partial charge < -0.3 is 15.4 Å². The first-order chi connectivity index (χ1) is 11.8. The van der Waals surface area contributed by atoms with E-state index in [1.54, 1.807) is 18.4 Å². The fourth-order valence-corrected chi connectivity index (χ4v) is 4.51.